The number of esters is 1. The number of methoxy groups -OCH3 is 1. The number of benzene rings is 2. The molecule has 0 atom stereocenters. The van der Waals surface area contributed by atoms with E-state index in [0.29, 0.717) is 16.6 Å². The Kier molecular flexibility index (Phi) is 5.63. The predicted octanol–water partition coefficient (Wildman–Crippen LogP) is 3.00. The van der Waals surface area contributed by atoms with E-state index in [2.05, 4.69) is 24.8 Å². The van der Waals surface area contributed by atoms with Gasteiger partial charge in [-0.25, -0.2) is 13.2 Å². The molecule has 0 aliphatic rings. The van der Waals surface area contributed by atoms with Crippen molar-refractivity contribution < 1.29 is 17.9 Å². The number of aromatic amines is 1. The highest BCUT2D eigenvalue weighted by molar-refractivity contribution is 7.92. The molecular formula is C19H13Cl2N5O5S. The van der Waals surface area contributed by atoms with Crippen molar-refractivity contribution in [3.63, 3.8) is 0 Å². The average molecular weight is 494 g/mol. The monoisotopic (exact) mass is 493 g/mol. The van der Waals surface area contributed by atoms with Crippen LogP contribution in [0.5, 0.6) is 0 Å². The van der Waals surface area contributed by atoms with E-state index in [1.54, 1.807) is 6.07 Å². The van der Waals surface area contributed by atoms with Crippen LogP contribution in [0.25, 0.3) is 16.6 Å². The van der Waals surface area contributed by atoms with E-state index >= 15 is 0 Å². The number of rotatable bonds is 5. The van der Waals surface area contributed by atoms with E-state index in [0.717, 1.165) is 4.68 Å². The fraction of sp³-hybridized carbons (Fsp3) is 0.0526. The van der Waals surface area contributed by atoms with Gasteiger partial charge in [0.15, 0.2) is 5.69 Å². The average Bonchev–Trinajstić information content (AvgIpc) is 3.20. The minimum absolute atomic E-state index is 0.0151. The van der Waals surface area contributed by atoms with E-state index in [-0.39, 0.29) is 26.3 Å². The highest BCUT2D eigenvalue weighted by Crippen LogP contribution is 2.24. The van der Waals surface area contributed by atoms with E-state index in [1.165, 1.54) is 49.7 Å². The zero-order chi connectivity index (χ0) is 23.0. The number of aromatic nitrogens is 4. The standard InChI is InChI=1S/C19H13Cl2N5O5S/c1-31-19(28)17-13-8-10(2-7-15(13)23-24-17)25-32(29,30)12-5-3-11(4-6-12)26-18(27)16(21)14(20)9-22-26/h2-9,25H,1H3,(H,23,24). The van der Waals surface area contributed by atoms with Crippen molar-refractivity contribution in [3.8, 4) is 5.69 Å². The van der Waals surface area contributed by atoms with Crippen LogP contribution in [0.4, 0.5) is 5.69 Å². The van der Waals surface area contributed by atoms with Gasteiger partial charge in [-0.15, -0.1) is 0 Å². The first kappa shape index (κ1) is 21.8. The molecule has 0 unspecified atom stereocenters. The Labute approximate surface area is 190 Å². The molecule has 4 rings (SSSR count). The molecule has 13 heteroatoms. The van der Waals surface area contributed by atoms with Crippen molar-refractivity contribution in [1.82, 2.24) is 20.0 Å². The highest BCUT2D eigenvalue weighted by atomic mass is 35.5. The summed E-state index contributed by atoms with van der Waals surface area (Å²) < 4.78 is 33.8. The Bertz CT molecular complexity index is 1510. The van der Waals surface area contributed by atoms with Crippen LogP contribution in [0.2, 0.25) is 10.0 Å². The lowest BCUT2D eigenvalue weighted by Crippen LogP contribution is -2.21. The number of halogens is 2. The molecular weight excluding hydrogens is 481 g/mol. The molecule has 164 valence electrons. The second-order valence-electron chi connectivity index (χ2n) is 6.45. The summed E-state index contributed by atoms with van der Waals surface area (Å²) in [5.74, 6) is -0.655. The molecule has 0 amide bonds. The summed E-state index contributed by atoms with van der Waals surface area (Å²) in [6.45, 7) is 0. The number of sulfonamides is 1. The minimum Gasteiger partial charge on any atom is -0.464 e. The van der Waals surface area contributed by atoms with Crippen LogP contribution in [0.1, 0.15) is 10.5 Å². The van der Waals surface area contributed by atoms with Crippen LogP contribution in [-0.2, 0) is 14.8 Å². The maximum atomic E-state index is 12.8. The van der Waals surface area contributed by atoms with Crippen LogP contribution < -0.4 is 10.3 Å². The van der Waals surface area contributed by atoms with Crippen molar-refractivity contribution in [2.45, 2.75) is 4.90 Å². The summed E-state index contributed by atoms with van der Waals surface area (Å²) in [6.07, 6.45) is 1.21. The largest absolute Gasteiger partial charge is 0.464 e. The summed E-state index contributed by atoms with van der Waals surface area (Å²) in [5.41, 5.74) is 0.456. The molecule has 2 aromatic heterocycles. The van der Waals surface area contributed by atoms with Gasteiger partial charge in [0.1, 0.15) is 5.02 Å². The topological polar surface area (TPSA) is 136 Å². The molecule has 0 saturated heterocycles. The quantitative estimate of drug-likeness (QED) is 0.407. The second kappa shape index (κ2) is 8.26. The number of H-pyrrole nitrogens is 1. The molecule has 2 aromatic carbocycles. The third kappa shape index (κ3) is 3.93. The summed E-state index contributed by atoms with van der Waals surface area (Å²) in [5, 5.41) is 10.7. The fourth-order valence-electron chi connectivity index (χ4n) is 2.91. The number of fused-ring (bicyclic) bond motifs is 1. The zero-order valence-electron chi connectivity index (χ0n) is 16.2. The maximum Gasteiger partial charge on any atom is 0.359 e. The lowest BCUT2D eigenvalue weighted by atomic mass is 10.2. The molecule has 0 saturated carbocycles. The Morgan fingerprint density at radius 3 is 2.56 bits per heavy atom. The van der Waals surface area contributed by atoms with Crippen molar-refractivity contribution in [3.05, 3.63) is 74.8 Å². The molecule has 32 heavy (non-hydrogen) atoms. The van der Waals surface area contributed by atoms with Gasteiger partial charge < -0.3 is 4.74 Å². The van der Waals surface area contributed by atoms with Gasteiger partial charge in [0.2, 0.25) is 0 Å². The highest BCUT2D eigenvalue weighted by Gasteiger charge is 2.18. The number of carbonyl (C=O) groups is 1. The van der Waals surface area contributed by atoms with Crippen LogP contribution in [-0.4, -0.2) is 41.5 Å². The van der Waals surface area contributed by atoms with Gasteiger partial charge in [-0.3, -0.25) is 14.6 Å². The molecule has 0 spiro atoms. The fourth-order valence-corrected chi connectivity index (χ4v) is 4.21. The van der Waals surface area contributed by atoms with E-state index < -0.39 is 21.6 Å². The molecule has 0 bridgehead atoms. The molecule has 2 N–H and O–H groups in total. The number of nitrogens with zero attached hydrogens (tertiary/aromatic N) is 3. The Balaban J connectivity index is 1.64. The predicted molar refractivity (Wildman–Crippen MR) is 118 cm³/mol. The number of hydrogen-bond acceptors (Lipinski definition) is 7. The van der Waals surface area contributed by atoms with Crippen molar-refractivity contribution in [1.29, 1.82) is 0 Å². The van der Waals surface area contributed by atoms with Crippen LogP contribution in [0, 0.1) is 0 Å². The lowest BCUT2D eigenvalue weighted by molar-refractivity contribution is 0.0596. The third-order valence-corrected chi connectivity index (χ3v) is 6.61. The van der Waals surface area contributed by atoms with Crippen LogP contribution in [0.15, 0.2) is 58.4 Å². The Morgan fingerprint density at radius 1 is 1.16 bits per heavy atom. The first-order valence-electron chi connectivity index (χ1n) is 8.84. The van der Waals surface area contributed by atoms with Gasteiger partial charge in [0.05, 0.1) is 34.4 Å². The van der Waals surface area contributed by atoms with Gasteiger partial charge in [-0.2, -0.15) is 14.9 Å². The van der Waals surface area contributed by atoms with Crippen molar-refractivity contribution in [2.24, 2.45) is 0 Å². The van der Waals surface area contributed by atoms with Gasteiger partial charge in [-0.1, -0.05) is 23.2 Å². The molecule has 0 aliphatic heterocycles. The van der Waals surface area contributed by atoms with E-state index in [4.69, 9.17) is 23.2 Å². The number of anilines is 1. The van der Waals surface area contributed by atoms with Gasteiger partial charge in [0, 0.05) is 11.1 Å². The SMILES string of the molecule is COC(=O)c1n[nH]c2ccc(NS(=O)(=O)c3ccc(-n4ncc(Cl)c(Cl)c4=O)cc3)cc12. The third-order valence-electron chi connectivity index (χ3n) is 4.46. The summed E-state index contributed by atoms with van der Waals surface area (Å²) >= 11 is 11.6. The number of nitrogens with one attached hydrogen (secondary N) is 2. The van der Waals surface area contributed by atoms with Crippen molar-refractivity contribution in [2.75, 3.05) is 11.8 Å². The van der Waals surface area contributed by atoms with Crippen LogP contribution >= 0.6 is 23.2 Å². The Morgan fingerprint density at radius 2 is 1.88 bits per heavy atom. The first-order valence-corrected chi connectivity index (χ1v) is 11.1. The maximum absolute atomic E-state index is 12.8. The number of ether oxygens (including phenoxy) is 1. The van der Waals surface area contributed by atoms with Gasteiger partial charge >= 0.3 is 5.97 Å². The van der Waals surface area contributed by atoms with E-state index in [9.17, 15) is 18.0 Å². The van der Waals surface area contributed by atoms with Gasteiger partial charge in [-0.05, 0) is 42.5 Å². The smallest absolute Gasteiger partial charge is 0.359 e. The normalized spacial score (nSPS) is 11.5. The van der Waals surface area contributed by atoms with E-state index in [1.807, 2.05) is 0 Å². The second-order valence-corrected chi connectivity index (χ2v) is 8.91. The van der Waals surface area contributed by atoms with Crippen molar-refractivity contribution >= 4 is 55.8 Å². The molecule has 10 nitrogen and oxygen atoms in total. The van der Waals surface area contributed by atoms with Crippen LogP contribution in [0.3, 0.4) is 0 Å². The molecule has 0 fully saturated rings. The minimum atomic E-state index is -3.98. The molecule has 0 aliphatic carbocycles. The number of hydrogen-bond donors (Lipinski definition) is 2. The lowest BCUT2D eigenvalue weighted by Gasteiger charge is -2.10. The summed E-state index contributed by atoms with van der Waals surface area (Å²) in [7, 11) is -2.76. The number of carbonyl (C=O) groups excluding carboxylic acids is 1. The molecule has 0 radical (unpaired) electrons. The Hall–Kier alpha value is -3.41. The summed E-state index contributed by atoms with van der Waals surface area (Å²) in [6, 6.07) is 10.00. The summed E-state index contributed by atoms with van der Waals surface area (Å²) in [4.78, 5) is 24.0. The zero-order valence-corrected chi connectivity index (χ0v) is 18.5. The molecule has 2 heterocycles. The van der Waals surface area contributed by atoms with Gasteiger partial charge in [0.25, 0.3) is 15.6 Å². The molecule has 4 aromatic rings. The first-order chi connectivity index (χ1) is 15.2.